The van der Waals surface area contributed by atoms with Gasteiger partial charge in [-0.25, -0.2) is 0 Å². The maximum Gasteiger partial charge on any atom is 0.248 e. The summed E-state index contributed by atoms with van der Waals surface area (Å²) in [6, 6.07) is 14.9. The van der Waals surface area contributed by atoms with Gasteiger partial charge in [0.1, 0.15) is 5.75 Å². The van der Waals surface area contributed by atoms with Gasteiger partial charge in [0.2, 0.25) is 5.91 Å². The van der Waals surface area contributed by atoms with Crippen LogP contribution in [-0.2, 0) is 4.79 Å². The molecule has 3 nitrogen and oxygen atoms in total. The fourth-order valence-electron chi connectivity index (χ4n) is 1.60. The summed E-state index contributed by atoms with van der Waals surface area (Å²) in [4.78, 5) is 12.9. The lowest BCUT2D eigenvalue weighted by molar-refractivity contribution is -0.111. The molecule has 0 atom stereocenters. The second kappa shape index (κ2) is 7.76. The van der Waals surface area contributed by atoms with Crippen LogP contribution in [0.4, 0.5) is 5.69 Å². The molecule has 1 amide bonds. The Bertz CT molecular complexity index is 644. The normalized spacial score (nSPS) is 10.6. The first-order chi connectivity index (χ1) is 10.2. The Labute approximate surface area is 133 Å². The van der Waals surface area contributed by atoms with Crippen LogP contribution in [0, 0.1) is 0 Å². The van der Waals surface area contributed by atoms with E-state index >= 15 is 0 Å². The predicted molar refractivity (Wildman–Crippen MR) is 88.1 cm³/mol. The van der Waals surface area contributed by atoms with Crippen molar-refractivity contribution in [1.29, 1.82) is 0 Å². The van der Waals surface area contributed by atoms with E-state index in [1.807, 2.05) is 30.3 Å². The van der Waals surface area contributed by atoms with Crippen molar-refractivity contribution in [3.05, 3.63) is 65.0 Å². The highest BCUT2D eigenvalue weighted by atomic mass is 35.5. The lowest BCUT2D eigenvalue weighted by atomic mass is 10.3. The highest BCUT2D eigenvalue weighted by Gasteiger charge is 2.03. The third kappa shape index (κ3) is 4.85. The molecule has 0 saturated heterocycles. The van der Waals surface area contributed by atoms with E-state index in [0.29, 0.717) is 16.5 Å². The molecule has 0 radical (unpaired) electrons. The number of rotatable bonds is 5. The molecule has 2 aromatic rings. The van der Waals surface area contributed by atoms with E-state index in [0.717, 1.165) is 4.90 Å². The number of benzene rings is 2. The Morgan fingerprint density at radius 2 is 2.00 bits per heavy atom. The molecule has 2 rings (SSSR count). The fraction of sp³-hybridized carbons (Fsp3) is 0.0625. The van der Waals surface area contributed by atoms with Crippen molar-refractivity contribution in [2.45, 2.75) is 4.90 Å². The van der Waals surface area contributed by atoms with Crippen LogP contribution in [0.2, 0.25) is 5.02 Å². The standard InChI is InChI=1S/C16H14ClNO2S/c1-20-15-8-7-12(11-14(15)17)18-16(19)9-10-21-13-5-3-2-4-6-13/h2-11H,1H3,(H,18,19)/b10-9+. The lowest BCUT2D eigenvalue weighted by Gasteiger charge is -2.06. The minimum atomic E-state index is -0.209. The summed E-state index contributed by atoms with van der Waals surface area (Å²) in [6.07, 6.45) is 1.48. The quantitative estimate of drug-likeness (QED) is 0.647. The number of thioether (sulfide) groups is 1. The minimum absolute atomic E-state index is 0.209. The van der Waals surface area contributed by atoms with Crippen LogP contribution >= 0.6 is 23.4 Å². The lowest BCUT2D eigenvalue weighted by Crippen LogP contribution is -2.07. The Kier molecular flexibility index (Phi) is 5.72. The van der Waals surface area contributed by atoms with Crippen molar-refractivity contribution >= 4 is 35.0 Å². The van der Waals surface area contributed by atoms with E-state index in [2.05, 4.69) is 5.32 Å². The van der Waals surface area contributed by atoms with Gasteiger partial charge in [0.15, 0.2) is 0 Å². The average Bonchev–Trinajstić information content (AvgIpc) is 2.48. The third-order valence-corrected chi connectivity index (χ3v) is 3.70. The second-order valence-corrected chi connectivity index (χ2v) is 5.46. The topological polar surface area (TPSA) is 38.3 Å². The van der Waals surface area contributed by atoms with Crippen LogP contribution < -0.4 is 10.1 Å². The van der Waals surface area contributed by atoms with E-state index in [4.69, 9.17) is 16.3 Å². The number of nitrogens with one attached hydrogen (secondary N) is 1. The summed E-state index contributed by atoms with van der Waals surface area (Å²) in [5.41, 5.74) is 0.625. The maximum absolute atomic E-state index is 11.8. The van der Waals surface area contributed by atoms with Crippen LogP contribution in [-0.4, -0.2) is 13.0 Å². The molecule has 0 heterocycles. The molecule has 0 aliphatic rings. The first kappa shape index (κ1) is 15.5. The van der Waals surface area contributed by atoms with Gasteiger partial charge in [0, 0.05) is 16.7 Å². The Hall–Kier alpha value is -1.91. The molecule has 0 aliphatic heterocycles. The van der Waals surface area contributed by atoms with Gasteiger partial charge in [0.05, 0.1) is 12.1 Å². The van der Waals surface area contributed by atoms with Crippen LogP contribution in [0.25, 0.3) is 0 Å². The Morgan fingerprint density at radius 3 is 2.67 bits per heavy atom. The number of carbonyl (C=O) groups excluding carboxylic acids is 1. The van der Waals surface area contributed by atoms with E-state index in [1.54, 1.807) is 30.7 Å². The highest BCUT2D eigenvalue weighted by Crippen LogP contribution is 2.27. The average molecular weight is 320 g/mol. The smallest absolute Gasteiger partial charge is 0.248 e. The summed E-state index contributed by atoms with van der Waals surface area (Å²) in [7, 11) is 1.54. The first-order valence-electron chi connectivity index (χ1n) is 6.22. The second-order valence-electron chi connectivity index (χ2n) is 4.07. The molecule has 0 aromatic heterocycles. The van der Waals surface area contributed by atoms with Crippen LogP contribution in [0.5, 0.6) is 5.75 Å². The fourth-order valence-corrected chi connectivity index (χ4v) is 2.52. The zero-order chi connectivity index (χ0) is 15.1. The Morgan fingerprint density at radius 1 is 1.24 bits per heavy atom. The third-order valence-electron chi connectivity index (χ3n) is 2.59. The van der Waals surface area contributed by atoms with Crippen LogP contribution in [0.3, 0.4) is 0 Å². The summed E-state index contributed by atoms with van der Waals surface area (Å²) >= 11 is 7.48. The van der Waals surface area contributed by atoms with E-state index in [1.165, 1.54) is 17.8 Å². The van der Waals surface area contributed by atoms with Crippen molar-refractivity contribution in [3.63, 3.8) is 0 Å². The number of ether oxygens (including phenoxy) is 1. The van der Waals surface area contributed by atoms with Gasteiger partial charge in [-0.05, 0) is 35.7 Å². The van der Waals surface area contributed by atoms with Gasteiger partial charge in [-0.3, -0.25) is 4.79 Å². The molecule has 0 fully saturated rings. The molecule has 108 valence electrons. The minimum Gasteiger partial charge on any atom is -0.495 e. The van der Waals surface area contributed by atoms with Gasteiger partial charge in [-0.1, -0.05) is 41.6 Å². The molecule has 0 unspecified atom stereocenters. The van der Waals surface area contributed by atoms with Crippen LogP contribution in [0.15, 0.2) is 64.9 Å². The molecule has 2 aromatic carbocycles. The van der Waals surface area contributed by atoms with Gasteiger partial charge in [0.25, 0.3) is 0 Å². The van der Waals surface area contributed by atoms with Crippen molar-refractivity contribution in [2.75, 3.05) is 12.4 Å². The van der Waals surface area contributed by atoms with Gasteiger partial charge < -0.3 is 10.1 Å². The van der Waals surface area contributed by atoms with Gasteiger partial charge >= 0.3 is 0 Å². The highest BCUT2D eigenvalue weighted by molar-refractivity contribution is 8.02. The van der Waals surface area contributed by atoms with Gasteiger partial charge in [-0.2, -0.15) is 0 Å². The number of methoxy groups -OCH3 is 1. The summed E-state index contributed by atoms with van der Waals surface area (Å²) in [6.45, 7) is 0. The summed E-state index contributed by atoms with van der Waals surface area (Å²) < 4.78 is 5.06. The van der Waals surface area contributed by atoms with E-state index in [9.17, 15) is 4.79 Å². The van der Waals surface area contributed by atoms with Crippen molar-refractivity contribution in [1.82, 2.24) is 0 Å². The predicted octanol–water partition coefficient (Wildman–Crippen LogP) is 4.59. The number of carbonyl (C=O) groups is 1. The molecule has 0 aliphatic carbocycles. The largest absolute Gasteiger partial charge is 0.495 e. The number of hydrogen-bond donors (Lipinski definition) is 1. The van der Waals surface area contributed by atoms with Crippen molar-refractivity contribution in [2.24, 2.45) is 0 Å². The Balaban J connectivity index is 1.91. The molecule has 0 bridgehead atoms. The van der Waals surface area contributed by atoms with Crippen LogP contribution in [0.1, 0.15) is 0 Å². The van der Waals surface area contributed by atoms with E-state index in [-0.39, 0.29) is 5.91 Å². The molecular weight excluding hydrogens is 306 g/mol. The van der Waals surface area contributed by atoms with Crippen molar-refractivity contribution < 1.29 is 9.53 Å². The molecule has 0 saturated carbocycles. The monoisotopic (exact) mass is 319 g/mol. The zero-order valence-corrected chi connectivity index (χ0v) is 12.9. The number of anilines is 1. The van der Waals surface area contributed by atoms with Crippen molar-refractivity contribution in [3.8, 4) is 5.75 Å². The van der Waals surface area contributed by atoms with E-state index < -0.39 is 0 Å². The summed E-state index contributed by atoms with van der Waals surface area (Å²) in [5.74, 6) is 0.365. The molecule has 21 heavy (non-hydrogen) atoms. The number of hydrogen-bond acceptors (Lipinski definition) is 3. The number of halogens is 1. The first-order valence-corrected chi connectivity index (χ1v) is 7.47. The maximum atomic E-state index is 11.8. The summed E-state index contributed by atoms with van der Waals surface area (Å²) in [5, 5.41) is 4.94. The molecular formula is C16H14ClNO2S. The van der Waals surface area contributed by atoms with Gasteiger partial charge in [-0.15, -0.1) is 0 Å². The zero-order valence-electron chi connectivity index (χ0n) is 11.4. The molecule has 5 heteroatoms. The molecule has 1 N–H and O–H groups in total. The number of amides is 1. The SMILES string of the molecule is COc1ccc(NC(=O)/C=C/Sc2ccccc2)cc1Cl. The molecule has 0 spiro atoms.